The van der Waals surface area contributed by atoms with E-state index in [-0.39, 0.29) is 18.9 Å². The summed E-state index contributed by atoms with van der Waals surface area (Å²) in [6.07, 6.45) is 0.280. The second-order valence-electron chi connectivity index (χ2n) is 9.75. The molecule has 3 heterocycles. The van der Waals surface area contributed by atoms with E-state index in [1.165, 1.54) is 22.4 Å². The van der Waals surface area contributed by atoms with Crippen LogP contribution in [-0.2, 0) is 9.53 Å². The van der Waals surface area contributed by atoms with Crippen LogP contribution in [0.2, 0.25) is 0 Å². The maximum absolute atomic E-state index is 15.0. The summed E-state index contributed by atoms with van der Waals surface area (Å²) in [5.41, 5.74) is 1.62. The molecule has 0 N–H and O–H groups in total. The van der Waals surface area contributed by atoms with Crippen molar-refractivity contribution < 1.29 is 28.2 Å². The minimum Gasteiger partial charge on any atom is -0.497 e. The van der Waals surface area contributed by atoms with E-state index in [0.29, 0.717) is 59.5 Å². The van der Waals surface area contributed by atoms with Crippen LogP contribution in [-0.4, -0.2) is 92.5 Å². The molecule has 41 heavy (non-hydrogen) atoms. The Labute approximate surface area is 242 Å². The number of morpholine rings is 1. The number of hydrazone groups is 1. The second kappa shape index (κ2) is 13.2. The van der Waals surface area contributed by atoms with Gasteiger partial charge in [-0.15, -0.1) is 11.3 Å². The molecular weight excluding hydrogens is 547 g/mol. The highest BCUT2D eigenvalue weighted by molar-refractivity contribution is 7.12. The number of halogens is 1. The van der Waals surface area contributed by atoms with Gasteiger partial charge >= 0.3 is 0 Å². The Morgan fingerprint density at radius 3 is 2.61 bits per heavy atom. The van der Waals surface area contributed by atoms with Crippen molar-refractivity contribution in [3.63, 3.8) is 0 Å². The van der Waals surface area contributed by atoms with Gasteiger partial charge in [-0.25, -0.2) is 9.40 Å². The predicted octanol–water partition coefficient (Wildman–Crippen LogP) is 4.06. The summed E-state index contributed by atoms with van der Waals surface area (Å²) in [5.74, 6) is 0.111. The van der Waals surface area contributed by atoms with Gasteiger partial charge in [0, 0.05) is 49.8 Å². The molecular formula is C30H33FN4O5S. The van der Waals surface area contributed by atoms with Crippen LogP contribution < -0.4 is 9.47 Å². The summed E-state index contributed by atoms with van der Waals surface area (Å²) in [6.45, 7) is 3.61. The number of nitrogens with zero attached hydrogens (tertiary/aromatic N) is 4. The number of rotatable bonds is 10. The Hall–Kier alpha value is -3.80. The average Bonchev–Trinajstić information content (AvgIpc) is 3.70. The Bertz CT molecular complexity index is 1390. The van der Waals surface area contributed by atoms with E-state index in [1.54, 1.807) is 55.5 Å². The molecule has 1 aromatic heterocycles. The molecule has 11 heteroatoms. The topological polar surface area (TPSA) is 83.9 Å². The van der Waals surface area contributed by atoms with Crippen LogP contribution in [0.3, 0.4) is 0 Å². The maximum atomic E-state index is 15.0. The average molecular weight is 581 g/mol. The Morgan fingerprint density at radius 1 is 1.10 bits per heavy atom. The van der Waals surface area contributed by atoms with E-state index >= 15 is 4.39 Å². The maximum Gasteiger partial charge on any atom is 0.264 e. The molecule has 1 fully saturated rings. The van der Waals surface area contributed by atoms with E-state index in [1.807, 2.05) is 17.5 Å². The third-order valence-electron chi connectivity index (χ3n) is 7.28. The van der Waals surface area contributed by atoms with Gasteiger partial charge < -0.3 is 19.1 Å². The Balaban J connectivity index is 1.44. The van der Waals surface area contributed by atoms with Gasteiger partial charge in [0.05, 0.1) is 44.1 Å². The highest BCUT2D eigenvalue weighted by Gasteiger charge is 2.36. The lowest BCUT2D eigenvalue weighted by molar-refractivity contribution is -0.133. The van der Waals surface area contributed by atoms with Crippen LogP contribution in [0.4, 0.5) is 4.39 Å². The fourth-order valence-electron chi connectivity index (χ4n) is 5.06. The first kappa shape index (κ1) is 28.7. The van der Waals surface area contributed by atoms with Crippen LogP contribution in [0.15, 0.2) is 65.1 Å². The quantitative estimate of drug-likeness (QED) is 0.360. The number of benzene rings is 2. The van der Waals surface area contributed by atoms with Crippen LogP contribution in [0.5, 0.6) is 11.5 Å². The second-order valence-corrected chi connectivity index (χ2v) is 10.7. The number of carbonyl (C=O) groups is 2. The van der Waals surface area contributed by atoms with Gasteiger partial charge in [-0.1, -0.05) is 24.3 Å². The SMILES string of the molecule is COc1ccc(C2=NN(C(=O)CN(CCN3CCOCC3)C(=O)c3cccs3)[C@H](c3ccccc3F)C2)c(OC)c1. The van der Waals surface area contributed by atoms with Crippen molar-refractivity contribution in [2.45, 2.75) is 12.5 Å². The lowest BCUT2D eigenvalue weighted by atomic mass is 9.97. The third-order valence-corrected chi connectivity index (χ3v) is 8.14. The fourth-order valence-corrected chi connectivity index (χ4v) is 5.75. The largest absolute Gasteiger partial charge is 0.497 e. The zero-order valence-corrected chi connectivity index (χ0v) is 23.9. The highest BCUT2D eigenvalue weighted by Crippen LogP contribution is 2.37. The fraction of sp³-hybridized carbons (Fsp3) is 0.367. The number of ether oxygens (including phenoxy) is 3. The molecule has 1 saturated heterocycles. The molecule has 0 aliphatic carbocycles. The van der Waals surface area contributed by atoms with Crippen molar-refractivity contribution in [3.05, 3.63) is 81.8 Å². The summed E-state index contributed by atoms with van der Waals surface area (Å²) in [7, 11) is 3.12. The van der Waals surface area contributed by atoms with Crippen molar-refractivity contribution >= 4 is 28.9 Å². The van der Waals surface area contributed by atoms with E-state index in [2.05, 4.69) is 4.90 Å². The first-order chi connectivity index (χ1) is 20.0. The molecule has 2 aromatic carbocycles. The molecule has 2 amide bonds. The number of hydrogen-bond donors (Lipinski definition) is 0. The van der Waals surface area contributed by atoms with Gasteiger partial charge in [0.2, 0.25) is 0 Å². The van der Waals surface area contributed by atoms with Gasteiger partial charge in [0.15, 0.2) is 0 Å². The van der Waals surface area contributed by atoms with E-state index in [0.717, 1.165) is 13.1 Å². The minimum atomic E-state index is -0.677. The summed E-state index contributed by atoms with van der Waals surface area (Å²) in [5, 5.41) is 7.85. The van der Waals surface area contributed by atoms with Crippen molar-refractivity contribution in [1.29, 1.82) is 0 Å². The van der Waals surface area contributed by atoms with Crippen molar-refractivity contribution in [2.75, 3.05) is 60.2 Å². The van der Waals surface area contributed by atoms with E-state index < -0.39 is 17.8 Å². The molecule has 1 atom stereocenters. The zero-order chi connectivity index (χ0) is 28.8. The van der Waals surface area contributed by atoms with Gasteiger partial charge in [0.1, 0.15) is 23.9 Å². The minimum absolute atomic E-state index is 0.192. The standard InChI is InChI=1S/C30H33FN4O5S/c1-38-21-9-10-23(27(18-21)39-2)25-19-26(22-6-3-4-7-24(22)31)35(32-25)29(36)20-34(30(37)28-8-5-17-41-28)12-11-33-13-15-40-16-14-33/h3-10,17-18,26H,11-16,19-20H2,1-2H3/t26-/m0/s1. The molecule has 2 aliphatic heterocycles. The van der Waals surface area contributed by atoms with E-state index in [4.69, 9.17) is 19.3 Å². The molecule has 0 unspecified atom stereocenters. The summed E-state index contributed by atoms with van der Waals surface area (Å²) in [4.78, 5) is 31.7. The monoisotopic (exact) mass is 580 g/mol. The Morgan fingerprint density at radius 2 is 1.90 bits per heavy atom. The molecule has 0 spiro atoms. The smallest absolute Gasteiger partial charge is 0.264 e. The van der Waals surface area contributed by atoms with E-state index in [9.17, 15) is 9.59 Å². The van der Waals surface area contributed by atoms with Gasteiger partial charge in [-0.3, -0.25) is 14.5 Å². The Kier molecular flexibility index (Phi) is 9.28. The lowest BCUT2D eigenvalue weighted by Crippen LogP contribution is -2.46. The van der Waals surface area contributed by atoms with Crippen LogP contribution in [0, 0.1) is 5.82 Å². The molecule has 5 rings (SSSR count). The molecule has 3 aromatic rings. The van der Waals surface area contributed by atoms with Crippen LogP contribution in [0.25, 0.3) is 0 Å². The number of amides is 2. The highest BCUT2D eigenvalue weighted by atomic mass is 32.1. The number of methoxy groups -OCH3 is 2. The predicted molar refractivity (Wildman–Crippen MR) is 154 cm³/mol. The summed E-state index contributed by atoms with van der Waals surface area (Å²) in [6, 6.07) is 14.6. The van der Waals surface area contributed by atoms with Gasteiger partial charge in [-0.05, 0) is 29.6 Å². The molecule has 2 aliphatic rings. The molecule has 0 saturated carbocycles. The van der Waals surface area contributed by atoms with Crippen molar-refractivity contribution in [1.82, 2.24) is 14.8 Å². The number of carbonyl (C=O) groups excluding carboxylic acids is 2. The number of thiophene rings is 1. The first-order valence-electron chi connectivity index (χ1n) is 13.5. The van der Waals surface area contributed by atoms with Gasteiger partial charge in [0.25, 0.3) is 11.8 Å². The zero-order valence-electron chi connectivity index (χ0n) is 23.1. The normalized spacial score (nSPS) is 17.3. The molecule has 9 nitrogen and oxygen atoms in total. The van der Waals surface area contributed by atoms with Crippen LogP contribution in [0.1, 0.15) is 33.3 Å². The molecule has 216 valence electrons. The lowest BCUT2D eigenvalue weighted by Gasteiger charge is -2.31. The van der Waals surface area contributed by atoms with Crippen molar-refractivity contribution in [3.8, 4) is 11.5 Å². The van der Waals surface area contributed by atoms with Crippen LogP contribution >= 0.6 is 11.3 Å². The van der Waals surface area contributed by atoms with Gasteiger partial charge in [-0.2, -0.15) is 5.10 Å². The molecule has 0 bridgehead atoms. The molecule has 0 radical (unpaired) electrons. The third kappa shape index (κ3) is 6.58. The number of hydrogen-bond acceptors (Lipinski definition) is 8. The first-order valence-corrected chi connectivity index (χ1v) is 14.4. The summed E-state index contributed by atoms with van der Waals surface area (Å²) < 4.78 is 31.4. The van der Waals surface area contributed by atoms with Crippen molar-refractivity contribution in [2.24, 2.45) is 5.10 Å². The summed E-state index contributed by atoms with van der Waals surface area (Å²) >= 11 is 1.33.